The highest BCUT2D eigenvalue weighted by Crippen LogP contribution is 2.24. The normalized spacial score (nSPS) is 14.3. The number of ether oxygens (including phenoxy) is 1. The minimum atomic E-state index is 0.500. The van der Waals surface area contributed by atoms with E-state index in [4.69, 9.17) is 10.5 Å². The molecule has 0 bridgehead atoms. The lowest BCUT2D eigenvalue weighted by Gasteiger charge is -2.17. The van der Waals surface area contributed by atoms with Crippen molar-refractivity contribution in [3.63, 3.8) is 0 Å². The van der Waals surface area contributed by atoms with Gasteiger partial charge in [-0.2, -0.15) is 0 Å². The number of aryl methyl sites for hydroxylation is 1. The molecule has 0 atom stereocenters. The minimum Gasteiger partial charge on any atom is -0.383 e. The van der Waals surface area contributed by atoms with Gasteiger partial charge in [0.2, 0.25) is 0 Å². The number of hydrogen-bond donors (Lipinski definition) is 1. The summed E-state index contributed by atoms with van der Waals surface area (Å²) in [6.07, 6.45) is 2.52. The summed E-state index contributed by atoms with van der Waals surface area (Å²) < 4.78 is 5.37. The number of aromatic nitrogens is 3. The maximum Gasteiger partial charge on any atom is 0.180 e. The molecule has 2 N–H and O–H groups in total. The van der Waals surface area contributed by atoms with Crippen molar-refractivity contribution in [1.29, 1.82) is 0 Å². The lowest BCUT2D eigenvalue weighted by molar-refractivity contribution is 0.109. The molecule has 5 nitrogen and oxygen atoms in total. The third-order valence-corrected chi connectivity index (χ3v) is 3.08. The zero-order valence-electron chi connectivity index (χ0n) is 10.2. The monoisotopic (exact) mass is 242 g/mol. The molecule has 92 valence electrons. The summed E-state index contributed by atoms with van der Waals surface area (Å²) in [4.78, 5) is 13.2. The van der Waals surface area contributed by atoms with Crippen molar-refractivity contribution in [3.05, 3.63) is 35.2 Å². The largest absolute Gasteiger partial charge is 0.383 e. The molecule has 0 spiro atoms. The quantitative estimate of drug-likeness (QED) is 0.820. The highest BCUT2D eigenvalue weighted by atomic mass is 16.5. The molecule has 18 heavy (non-hydrogen) atoms. The molecule has 2 aromatic rings. The van der Waals surface area contributed by atoms with E-state index in [9.17, 15) is 0 Å². The average Bonchev–Trinajstić information content (AvgIpc) is 2.39. The van der Waals surface area contributed by atoms with E-state index in [1.807, 2.05) is 19.1 Å². The summed E-state index contributed by atoms with van der Waals surface area (Å²) in [5.74, 6) is 1.10. The van der Waals surface area contributed by atoms with Crippen molar-refractivity contribution in [2.75, 3.05) is 12.3 Å². The number of pyridine rings is 1. The van der Waals surface area contributed by atoms with E-state index < -0.39 is 0 Å². The van der Waals surface area contributed by atoms with E-state index in [2.05, 4.69) is 15.0 Å². The second-order valence-corrected chi connectivity index (χ2v) is 4.33. The highest BCUT2D eigenvalue weighted by Gasteiger charge is 2.18. The first-order valence-corrected chi connectivity index (χ1v) is 5.90. The van der Waals surface area contributed by atoms with Crippen LogP contribution in [0.4, 0.5) is 5.82 Å². The number of nitrogens with zero attached hydrogens (tertiary/aromatic N) is 3. The number of anilines is 1. The van der Waals surface area contributed by atoms with E-state index in [0.29, 0.717) is 24.9 Å². The Morgan fingerprint density at radius 1 is 1.33 bits per heavy atom. The number of rotatable bonds is 1. The molecular weight excluding hydrogens is 228 g/mol. The predicted octanol–water partition coefficient (Wildman–Crippen LogP) is 1.50. The molecule has 1 aliphatic rings. The Kier molecular flexibility index (Phi) is 2.68. The van der Waals surface area contributed by atoms with Crippen molar-refractivity contribution in [2.45, 2.75) is 20.0 Å². The van der Waals surface area contributed by atoms with Gasteiger partial charge in [0.25, 0.3) is 0 Å². The Morgan fingerprint density at radius 3 is 3.06 bits per heavy atom. The van der Waals surface area contributed by atoms with Gasteiger partial charge in [0.15, 0.2) is 5.82 Å². The maximum atomic E-state index is 5.97. The van der Waals surface area contributed by atoms with Gasteiger partial charge in [0, 0.05) is 18.2 Å². The zero-order chi connectivity index (χ0) is 12.5. The second-order valence-electron chi connectivity index (χ2n) is 4.33. The van der Waals surface area contributed by atoms with Crippen molar-refractivity contribution in [3.8, 4) is 11.5 Å². The summed E-state index contributed by atoms with van der Waals surface area (Å²) in [6, 6.07) is 3.89. The molecule has 0 radical (unpaired) electrons. The molecule has 3 rings (SSSR count). The van der Waals surface area contributed by atoms with Gasteiger partial charge in [0.1, 0.15) is 11.5 Å². The van der Waals surface area contributed by atoms with Gasteiger partial charge in [-0.05, 0) is 18.6 Å². The second kappa shape index (κ2) is 4.34. The Bertz CT molecular complexity index is 598. The van der Waals surface area contributed by atoms with Crippen LogP contribution in [-0.2, 0) is 17.8 Å². The fraction of sp³-hybridized carbons (Fsp3) is 0.308. The highest BCUT2D eigenvalue weighted by molar-refractivity contribution is 5.58. The molecule has 0 fully saturated rings. The van der Waals surface area contributed by atoms with Crippen LogP contribution in [0.3, 0.4) is 0 Å². The predicted molar refractivity (Wildman–Crippen MR) is 67.8 cm³/mol. The standard InChI is InChI=1S/C13H14N4O/c1-8-3-2-5-15-11(8)13-16-10-4-6-18-7-9(10)12(14)17-13/h2-3,5H,4,6-7H2,1H3,(H2,14,16,17). The van der Waals surface area contributed by atoms with Gasteiger partial charge < -0.3 is 10.5 Å². The molecule has 0 saturated heterocycles. The lowest BCUT2D eigenvalue weighted by atomic mass is 10.1. The van der Waals surface area contributed by atoms with Crippen LogP contribution in [0.5, 0.6) is 0 Å². The molecule has 5 heteroatoms. The van der Waals surface area contributed by atoms with Crippen molar-refractivity contribution in [1.82, 2.24) is 15.0 Å². The number of nitrogens with two attached hydrogens (primary N) is 1. The first-order chi connectivity index (χ1) is 8.75. The van der Waals surface area contributed by atoms with Crippen LogP contribution in [-0.4, -0.2) is 21.6 Å². The molecule has 0 unspecified atom stereocenters. The van der Waals surface area contributed by atoms with Crippen LogP contribution >= 0.6 is 0 Å². The number of hydrogen-bond acceptors (Lipinski definition) is 5. The SMILES string of the molecule is Cc1cccnc1-c1nc(N)c2c(n1)CCOC2. The molecular formula is C13H14N4O. The van der Waals surface area contributed by atoms with Crippen LogP contribution in [0.2, 0.25) is 0 Å². The van der Waals surface area contributed by atoms with Crippen LogP contribution in [0.15, 0.2) is 18.3 Å². The van der Waals surface area contributed by atoms with Crippen molar-refractivity contribution < 1.29 is 4.74 Å². The Labute approximate surface area is 105 Å². The smallest absolute Gasteiger partial charge is 0.180 e. The summed E-state index contributed by atoms with van der Waals surface area (Å²) in [6.45, 7) is 3.18. The van der Waals surface area contributed by atoms with E-state index in [0.717, 1.165) is 28.9 Å². The van der Waals surface area contributed by atoms with E-state index in [1.54, 1.807) is 6.20 Å². The van der Waals surface area contributed by atoms with Gasteiger partial charge in [-0.3, -0.25) is 4.98 Å². The van der Waals surface area contributed by atoms with Crippen molar-refractivity contribution >= 4 is 5.82 Å². The molecule has 0 amide bonds. The van der Waals surface area contributed by atoms with Gasteiger partial charge in [-0.15, -0.1) is 0 Å². The molecule has 0 aliphatic carbocycles. The third kappa shape index (κ3) is 1.82. The molecule has 3 heterocycles. The van der Waals surface area contributed by atoms with Gasteiger partial charge in [0.05, 0.1) is 18.9 Å². The van der Waals surface area contributed by atoms with Crippen LogP contribution < -0.4 is 5.73 Å². The maximum absolute atomic E-state index is 5.97. The minimum absolute atomic E-state index is 0.500. The fourth-order valence-electron chi connectivity index (χ4n) is 2.08. The molecule has 0 aromatic carbocycles. The van der Waals surface area contributed by atoms with E-state index in [1.165, 1.54) is 0 Å². The molecule has 0 saturated carbocycles. The number of nitrogen functional groups attached to an aromatic ring is 1. The molecule has 2 aromatic heterocycles. The Morgan fingerprint density at radius 2 is 2.22 bits per heavy atom. The van der Waals surface area contributed by atoms with Crippen molar-refractivity contribution in [2.24, 2.45) is 0 Å². The van der Waals surface area contributed by atoms with Crippen LogP contribution in [0.1, 0.15) is 16.8 Å². The van der Waals surface area contributed by atoms with Gasteiger partial charge in [-0.25, -0.2) is 9.97 Å². The Balaban J connectivity index is 2.14. The number of fused-ring (bicyclic) bond motifs is 1. The van der Waals surface area contributed by atoms with E-state index >= 15 is 0 Å². The molecule has 1 aliphatic heterocycles. The van der Waals surface area contributed by atoms with Gasteiger partial charge in [-0.1, -0.05) is 6.07 Å². The summed E-state index contributed by atoms with van der Waals surface area (Å²) in [5.41, 5.74) is 9.70. The first-order valence-electron chi connectivity index (χ1n) is 5.90. The summed E-state index contributed by atoms with van der Waals surface area (Å²) >= 11 is 0. The Hall–Kier alpha value is -2.01. The van der Waals surface area contributed by atoms with Crippen LogP contribution in [0, 0.1) is 6.92 Å². The zero-order valence-corrected chi connectivity index (χ0v) is 10.2. The van der Waals surface area contributed by atoms with Crippen LogP contribution in [0.25, 0.3) is 11.5 Å². The topological polar surface area (TPSA) is 73.9 Å². The summed E-state index contributed by atoms with van der Waals surface area (Å²) in [5, 5.41) is 0. The van der Waals surface area contributed by atoms with E-state index in [-0.39, 0.29) is 0 Å². The van der Waals surface area contributed by atoms with Gasteiger partial charge >= 0.3 is 0 Å². The average molecular weight is 242 g/mol. The fourth-order valence-corrected chi connectivity index (χ4v) is 2.08. The first kappa shape index (κ1) is 11.1. The summed E-state index contributed by atoms with van der Waals surface area (Å²) in [7, 11) is 0. The third-order valence-electron chi connectivity index (χ3n) is 3.08. The lowest BCUT2D eigenvalue weighted by Crippen LogP contribution is -2.16.